The molecular weight excluding hydrogens is 791 g/mol. The number of unbranched alkanes of at least 4 members (excludes halogenated alkanes) is 4. The summed E-state index contributed by atoms with van der Waals surface area (Å²) in [7, 11) is 0. The molecule has 2 heterocycles. The maximum Gasteiger partial charge on any atom is 0.305 e. The number of rotatable bonds is 30. The van der Waals surface area contributed by atoms with Gasteiger partial charge in [0.1, 0.15) is 12.2 Å². The maximum absolute atomic E-state index is 13.6. The number of aryl methyl sites for hydroxylation is 1. The van der Waals surface area contributed by atoms with Crippen LogP contribution < -0.4 is 20.9 Å². The van der Waals surface area contributed by atoms with Gasteiger partial charge in [-0.15, -0.1) is 11.3 Å². The Balaban J connectivity index is 0.989. The highest BCUT2D eigenvalue weighted by molar-refractivity contribution is 7.17. The van der Waals surface area contributed by atoms with Crippen LogP contribution in [-0.2, 0) is 44.7 Å². The van der Waals surface area contributed by atoms with Gasteiger partial charge in [-0.3, -0.25) is 24.0 Å². The number of benzene rings is 1. The molecule has 0 atom stereocenters. The Morgan fingerprint density at radius 1 is 0.783 bits per heavy atom. The molecule has 0 unspecified atom stereocenters. The Bertz CT molecular complexity index is 1770. The number of likely N-dealkylation sites (N-methyl/N-ethyl adjacent to an activating group) is 1. The number of nitrogens with one attached hydrogen (secondary N) is 3. The van der Waals surface area contributed by atoms with Crippen molar-refractivity contribution < 1.29 is 48.0 Å². The third-order valence-electron chi connectivity index (χ3n) is 10.4. The monoisotopic (exact) mass is 855 g/mol. The van der Waals surface area contributed by atoms with E-state index in [-0.39, 0.29) is 55.2 Å². The Hall–Kier alpha value is -4.35. The van der Waals surface area contributed by atoms with Gasteiger partial charge in [0.25, 0.3) is 5.91 Å². The molecule has 332 valence electrons. The number of fused-ring (bicyclic) bond motifs is 1. The van der Waals surface area contributed by atoms with Crippen LogP contribution in [0.5, 0.6) is 0 Å². The highest BCUT2D eigenvalue weighted by Gasteiger charge is 2.29. The van der Waals surface area contributed by atoms with Crippen LogP contribution in [0.4, 0.5) is 5.69 Å². The van der Waals surface area contributed by atoms with Crippen LogP contribution in [-0.4, -0.2) is 118 Å². The van der Waals surface area contributed by atoms with Crippen molar-refractivity contribution in [1.82, 2.24) is 20.5 Å². The third kappa shape index (κ3) is 17.3. The van der Waals surface area contributed by atoms with E-state index in [4.69, 9.17) is 24.1 Å². The van der Waals surface area contributed by atoms with Gasteiger partial charge in [0, 0.05) is 43.7 Å². The van der Waals surface area contributed by atoms with Crippen LogP contribution in [0.3, 0.4) is 0 Å². The van der Waals surface area contributed by atoms with Gasteiger partial charge in [-0.25, -0.2) is 0 Å². The number of hydrogen-bond donors (Lipinski definition) is 4. The summed E-state index contributed by atoms with van der Waals surface area (Å²) in [5.41, 5.74) is 3.27. The van der Waals surface area contributed by atoms with E-state index in [1.54, 1.807) is 16.2 Å². The molecule has 16 heteroatoms. The lowest BCUT2D eigenvalue weighted by atomic mass is 9.85. The number of ether oxygens (including phenoxy) is 4. The number of carbonyl (C=O) groups excluding carboxylic acids is 4. The first-order valence-corrected chi connectivity index (χ1v) is 22.4. The SMILES string of the molecule is CCN(C(=O)Cn1c(C(=O)NC2CCC(C(=O)NCCCCCCCC(=O)NCCOCCOCCOCCOCCC(=O)O)CC2)cc2sccc21)c1cccc(C)c1. The Labute approximate surface area is 357 Å². The first-order valence-electron chi connectivity index (χ1n) is 21.5. The molecule has 1 aliphatic rings. The molecule has 0 radical (unpaired) electrons. The summed E-state index contributed by atoms with van der Waals surface area (Å²) >= 11 is 1.55. The lowest BCUT2D eigenvalue weighted by molar-refractivity contribution is -0.138. The molecule has 15 nitrogen and oxygen atoms in total. The van der Waals surface area contributed by atoms with E-state index in [0.717, 1.165) is 66.4 Å². The summed E-state index contributed by atoms with van der Waals surface area (Å²) in [6.07, 6.45) is 7.98. The van der Waals surface area contributed by atoms with Gasteiger partial charge in [-0.05, 0) is 87.6 Å². The smallest absolute Gasteiger partial charge is 0.305 e. The average molecular weight is 856 g/mol. The quantitative estimate of drug-likeness (QED) is 0.0627. The van der Waals surface area contributed by atoms with Crippen LogP contribution in [0.1, 0.15) is 93.6 Å². The lowest BCUT2D eigenvalue weighted by Crippen LogP contribution is -2.42. The van der Waals surface area contributed by atoms with Gasteiger partial charge in [0.15, 0.2) is 0 Å². The second kappa shape index (κ2) is 27.5. The number of aromatic nitrogens is 1. The minimum Gasteiger partial charge on any atom is -0.481 e. The van der Waals surface area contributed by atoms with Gasteiger partial charge < -0.3 is 49.5 Å². The van der Waals surface area contributed by atoms with Gasteiger partial charge in [0.05, 0.1) is 69.5 Å². The Morgan fingerprint density at radius 3 is 2.13 bits per heavy atom. The number of anilines is 1. The molecule has 1 saturated carbocycles. The molecule has 3 aromatic rings. The van der Waals surface area contributed by atoms with E-state index in [2.05, 4.69) is 16.0 Å². The maximum atomic E-state index is 13.6. The van der Waals surface area contributed by atoms with Crippen molar-refractivity contribution in [1.29, 1.82) is 0 Å². The number of nitrogens with zero attached hydrogens (tertiary/aromatic N) is 2. The number of aliphatic carboxylic acids is 1. The molecule has 0 bridgehead atoms. The Kier molecular flexibility index (Phi) is 22.1. The summed E-state index contributed by atoms with van der Waals surface area (Å²) in [6, 6.07) is 11.7. The molecule has 1 aromatic carbocycles. The second-order valence-corrected chi connectivity index (χ2v) is 16.0. The fraction of sp³-hybridized carbons (Fsp3) is 0.614. The fourth-order valence-electron chi connectivity index (χ4n) is 7.18. The van der Waals surface area contributed by atoms with E-state index in [1.807, 2.05) is 60.2 Å². The predicted octanol–water partition coefficient (Wildman–Crippen LogP) is 5.47. The van der Waals surface area contributed by atoms with Crippen molar-refractivity contribution in [2.24, 2.45) is 5.92 Å². The minimum atomic E-state index is -0.887. The topological polar surface area (TPSA) is 187 Å². The van der Waals surface area contributed by atoms with Crippen molar-refractivity contribution >= 4 is 56.8 Å². The van der Waals surface area contributed by atoms with Crippen LogP contribution in [0.15, 0.2) is 41.8 Å². The minimum absolute atomic E-state index is 0.0134. The van der Waals surface area contributed by atoms with E-state index >= 15 is 0 Å². The van der Waals surface area contributed by atoms with Crippen LogP contribution in [0.2, 0.25) is 0 Å². The van der Waals surface area contributed by atoms with E-state index in [0.29, 0.717) is 90.8 Å². The van der Waals surface area contributed by atoms with Crippen molar-refractivity contribution in [2.45, 2.75) is 97.1 Å². The third-order valence-corrected chi connectivity index (χ3v) is 11.3. The summed E-state index contributed by atoms with van der Waals surface area (Å²) in [5, 5.41) is 19.7. The van der Waals surface area contributed by atoms with Crippen molar-refractivity contribution in [3.05, 3.63) is 53.0 Å². The highest BCUT2D eigenvalue weighted by Crippen LogP contribution is 2.28. The van der Waals surface area contributed by atoms with Crippen LogP contribution in [0, 0.1) is 12.8 Å². The highest BCUT2D eigenvalue weighted by atomic mass is 32.1. The molecule has 4 amide bonds. The number of hydrogen-bond acceptors (Lipinski definition) is 10. The largest absolute Gasteiger partial charge is 0.481 e. The number of carboxylic acid groups (broad SMARTS) is 1. The molecule has 1 aliphatic carbocycles. The molecule has 4 N–H and O–H groups in total. The summed E-state index contributed by atoms with van der Waals surface area (Å²) in [6.45, 7) is 8.62. The van der Waals surface area contributed by atoms with Gasteiger partial charge in [-0.2, -0.15) is 0 Å². The van der Waals surface area contributed by atoms with Crippen LogP contribution >= 0.6 is 11.3 Å². The molecular formula is C44H65N5O10S. The van der Waals surface area contributed by atoms with Gasteiger partial charge in [0.2, 0.25) is 17.7 Å². The van der Waals surface area contributed by atoms with E-state index in [9.17, 15) is 24.0 Å². The van der Waals surface area contributed by atoms with Crippen molar-refractivity contribution in [3.63, 3.8) is 0 Å². The molecule has 2 aromatic heterocycles. The van der Waals surface area contributed by atoms with Crippen molar-refractivity contribution in [2.75, 3.05) is 77.4 Å². The zero-order valence-corrected chi connectivity index (χ0v) is 36.2. The standard InChI is InChI=1S/C44H65N5O10S/c1-3-48(36-11-9-10-33(2)30-36)41(51)32-49-37-18-29-60-39(37)31-38(49)44(55)47-35-15-13-34(14-16-35)43(54)46-19-8-6-4-5-7-12-40(50)45-20-22-57-24-26-59-28-27-58-25-23-56-21-17-42(52)53/h9-11,18,29-31,34-35H,3-8,12-17,19-28,32H2,1-2H3,(H,45,50)(H,46,54)(H,47,55)(H,52,53). The van der Waals surface area contributed by atoms with Crippen molar-refractivity contribution in [3.8, 4) is 0 Å². The van der Waals surface area contributed by atoms with Crippen LogP contribution in [0.25, 0.3) is 10.2 Å². The molecule has 0 spiro atoms. The van der Waals surface area contributed by atoms with Gasteiger partial charge >= 0.3 is 5.97 Å². The first-order chi connectivity index (χ1) is 29.2. The van der Waals surface area contributed by atoms with Gasteiger partial charge in [-0.1, -0.05) is 31.4 Å². The number of thiophene rings is 1. The van der Waals surface area contributed by atoms with E-state index in [1.165, 1.54) is 0 Å². The molecule has 60 heavy (non-hydrogen) atoms. The normalized spacial score (nSPS) is 15.2. The molecule has 1 fully saturated rings. The summed E-state index contributed by atoms with van der Waals surface area (Å²) < 4.78 is 24.2. The lowest BCUT2D eigenvalue weighted by Gasteiger charge is -2.28. The average Bonchev–Trinajstić information content (AvgIpc) is 3.83. The molecule has 0 saturated heterocycles. The fourth-order valence-corrected chi connectivity index (χ4v) is 8.01. The zero-order valence-electron chi connectivity index (χ0n) is 35.4. The van der Waals surface area contributed by atoms with E-state index < -0.39 is 5.97 Å². The first kappa shape index (κ1) is 48.3. The number of carboxylic acids is 1. The second-order valence-electron chi connectivity index (χ2n) is 15.0. The molecule has 0 aliphatic heterocycles. The number of amides is 4. The molecule has 4 rings (SSSR count). The predicted molar refractivity (Wildman–Crippen MR) is 231 cm³/mol. The number of carbonyl (C=O) groups is 5. The zero-order chi connectivity index (χ0) is 43.0. The Morgan fingerprint density at radius 2 is 1.45 bits per heavy atom. The summed E-state index contributed by atoms with van der Waals surface area (Å²) in [4.78, 5) is 64.4. The summed E-state index contributed by atoms with van der Waals surface area (Å²) in [5.74, 6) is -1.13.